The molecular weight excluding hydrogens is 513 g/mol. The molecule has 0 bridgehead atoms. The van der Waals surface area contributed by atoms with Crippen molar-refractivity contribution in [2.75, 3.05) is 26.7 Å². The van der Waals surface area contributed by atoms with Gasteiger partial charge >= 0.3 is 6.09 Å². The van der Waals surface area contributed by atoms with E-state index in [0.717, 1.165) is 5.56 Å². The zero-order valence-corrected chi connectivity index (χ0v) is 22.6. The summed E-state index contributed by atoms with van der Waals surface area (Å²) in [6.07, 6.45) is 0.623. The van der Waals surface area contributed by atoms with Crippen LogP contribution in [-0.4, -0.2) is 53.9 Å². The maximum atomic E-state index is 15.5. The second kappa shape index (κ2) is 12.9. The molecule has 0 aliphatic carbocycles. The molecule has 0 spiro atoms. The highest BCUT2D eigenvalue weighted by molar-refractivity contribution is 5.94. The Morgan fingerprint density at radius 3 is 2.60 bits per heavy atom. The van der Waals surface area contributed by atoms with Crippen molar-refractivity contribution >= 4 is 12.0 Å². The lowest BCUT2D eigenvalue weighted by Crippen LogP contribution is -2.48. The number of hydrogen-bond acceptors (Lipinski definition) is 5. The summed E-state index contributed by atoms with van der Waals surface area (Å²) < 4.78 is 20.9. The van der Waals surface area contributed by atoms with Crippen molar-refractivity contribution in [2.45, 2.75) is 37.8 Å². The molecule has 2 amide bonds. The molecule has 3 aromatic rings. The van der Waals surface area contributed by atoms with E-state index in [1.54, 1.807) is 53.4 Å². The topological polar surface area (TPSA) is 125 Å². The fourth-order valence-electron chi connectivity index (χ4n) is 5.59. The Balaban J connectivity index is 1.71. The molecule has 5 N–H and O–H groups in total. The average Bonchev–Trinajstić information content (AvgIpc) is 2.98. The van der Waals surface area contributed by atoms with Crippen LogP contribution >= 0.6 is 0 Å². The average molecular weight is 550 g/mol. The van der Waals surface area contributed by atoms with Gasteiger partial charge in [-0.3, -0.25) is 4.79 Å². The first kappa shape index (κ1) is 29.0. The molecule has 40 heavy (non-hydrogen) atoms. The number of ether oxygens (including phenoxy) is 1. The molecule has 1 heterocycles. The Labute approximate surface area is 233 Å². The van der Waals surface area contributed by atoms with Crippen LogP contribution < -0.4 is 15.8 Å². The van der Waals surface area contributed by atoms with E-state index in [2.05, 4.69) is 5.32 Å². The van der Waals surface area contributed by atoms with Crippen LogP contribution in [-0.2, 0) is 12.1 Å². The van der Waals surface area contributed by atoms with Crippen molar-refractivity contribution in [3.63, 3.8) is 0 Å². The van der Waals surface area contributed by atoms with Crippen molar-refractivity contribution in [1.82, 2.24) is 10.2 Å². The number of benzene rings is 3. The van der Waals surface area contributed by atoms with E-state index in [1.807, 2.05) is 12.1 Å². The molecule has 0 saturated carbocycles. The summed E-state index contributed by atoms with van der Waals surface area (Å²) in [6, 6.07) is 18.8. The van der Waals surface area contributed by atoms with Gasteiger partial charge in [0.1, 0.15) is 11.6 Å². The van der Waals surface area contributed by atoms with Crippen LogP contribution in [0.4, 0.5) is 9.18 Å². The third-order valence-corrected chi connectivity index (χ3v) is 7.67. The largest absolute Gasteiger partial charge is 0.497 e. The molecule has 2 unspecified atom stereocenters. The predicted molar refractivity (Wildman–Crippen MR) is 151 cm³/mol. The molecule has 2 atom stereocenters. The van der Waals surface area contributed by atoms with Crippen molar-refractivity contribution in [3.05, 3.63) is 89.2 Å². The maximum Gasteiger partial charge on any atom is 0.404 e. The molecule has 1 saturated heterocycles. The Morgan fingerprint density at radius 1 is 1.15 bits per heavy atom. The van der Waals surface area contributed by atoms with Gasteiger partial charge in [0.15, 0.2) is 0 Å². The number of halogens is 1. The van der Waals surface area contributed by atoms with Crippen LogP contribution in [0.5, 0.6) is 5.75 Å². The fraction of sp³-hybridized carbons (Fsp3) is 0.355. The van der Waals surface area contributed by atoms with Gasteiger partial charge in [0.25, 0.3) is 5.91 Å². The first-order chi connectivity index (χ1) is 19.3. The fourth-order valence-corrected chi connectivity index (χ4v) is 5.59. The Morgan fingerprint density at radius 2 is 1.90 bits per heavy atom. The quantitative estimate of drug-likeness (QED) is 0.271. The van der Waals surface area contributed by atoms with Crippen LogP contribution in [0.15, 0.2) is 66.7 Å². The summed E-state index contributed by atoms with van der Waals surface area (Å²) in [4.78, 5) is 26.2. The van der Waals surface area contributed by atoms with E-state index < -0.39 is 23.4 Å². The van der Waals surface area contributed by atoms with E-state index in [4.69, 9.17) is 15.6 Å². The Kier molecular flexibility index (Phi) is 9.39. The molecule has 8 nitrogen and oxygen atoms in total. The summed E-state index contributed by atoms with van der Waals surface area (Å²) in [7, 11) is 1.53. The predicted octanol–water partition coefficient (Wildman–Crippen LogP) is 4.75. The standard InChI is InChI=1S/C31H36FN3O5/c1-40-25-8-2-6-23(18-25)28-26(9-3-10-27(28)32)31(39,15-5-16-34-30(37)38)24-7-4-17-35(20-24)29(36)22-13-11-21(19-33)12-14-22/h2-3,6,8-14,18,24,34,39H,4-5,7,15-17,19-20,33H2,1H3,(H,37,38). The number of nitrogens with two attached hydrogens (primary N) is 1. The number of carbonyl (C=O) groups is 2. The number of nitrogens with one attached hydrogen (secondary N) is 1. The first-order valence-corrected chi connectivity index (χ1v) is 13.5. The zero-order valence-electron chi connectivity index (χ0n) is 22.6. The molecular formula is C31H36FN3O5. The van der Waals surface area contributed by atoms with Crippen LogP contribution in [0.3, 0.4) is 0 Å². The highest BCUT2D eigenvalue weighted by atomic mass is 19.1. The third kappa shape index (κ3) is 6.43. The number of carboxylic acid groups (broad SMARTS) is 1. The molecule has 3 aromatic carbocycles. The number of methoxy groups -OCH3 is 1. The molecule has 1 fully saturated rings. The van der Waals surface area contributed by atoms with Crippen molar-refractivity contribution in [2.24, 2.45) is 11.7 Å². The molecule has 0 aromatic heterocycles. The van der Waals surface area contributed by atoms with E-state index in [-0.39, 0.29) is 31.0 Å². The molecule has 1 aliphatic heterocycles. The van der Waals surface area contributed by atoms with E-state index >= 15 is 4.39 Å². The van der Waals surface area contributed by atoms with Crippen LogP contribution in [0, 0.1) is 11.7 Å². The smallest absolute Gasteiger partial charge is 0.404 e. The van der Waals surface area contributed by atoms with Gasteiger partial charge in [0, 0.05) is 43.2 Å². The van der Waals surface area contributed by atoms with E-state index in [9.17, 15) is 14.7 Å². The van der Waals surface area contributed by atoms with Crippen LogP contribution in [0.2, 0.25) is 0 Å². The highest BCUT2D eigenvalue weighted by Gasteiger charge is 2.43. The lowest BCUT2D eigenvalue weighted by Gasteiger charge is -2.43. The van der Waals surface area contributed by atoms with Gasteiger partial charge in [-0.15, -0.1) is 0 Å². The first-order valence-electron chi connectivity index (χ1n) is 13.5. The van der Waals surface area contributed by atoms with Crippen LogP contribution in [0.1, 0.15) is 47.2 Å². The number of likely N-dealkylation sites (tertiary alicyclic amines) is 1. The summed E-state index contributed by atoms with van der Waals surface area (Å²) in [5.41, 5.74) is 6.84. The van der Waals surface area contributed by atoms with Gasteiger partial charge in [0.2, 0.25) is 0 Å². The summed E-state index contributed by atoms with van der Waals surface area (Å²) in [6.45, 7) is 1.32. The number of rotatable bonds is 10. The lowest BCUT2D eigenvalue weighted by molar-refractivity contribution is -0.0564. The van der Waals surface area contributed by atoms with Crippen molar-refractivity contribution in [3.8, 4) is 16.9 Å². The van der Waals surface area contributed by atoms with Crippen molar-refractivity contribution in [1.29, 1.82) is 0 Å². The molecule has 0 radical (unpaired) electrons. The van der Waals surface area contributed by atoms with Gasteiger partial charge in [-0.1, -0.05) is 36.4 Å². The van der Waals surface area contributed by atoms with Gasteiger partial charge in [-0.2, -0.15) is 0 Å². The van der Waals surface area contributed by atoms with Gasteiger partial charge < -0.3 is 30.9 Å². The molecule has 4 rings (SSSR count). The minimum Gasteiger partial charge on any atom is -0.497 e. The lowest BCUT2D eigenvalue weighted by atomic mass is 9.72. The van der Waals surface area contributed by atoms with Gasteiger partial charge in [0.05, 0.1) is 12.7 Å². The minimum atomic E-state index is -1.54. The Bertz CT molecular complexity index is 1330. The number of nitrogens with zero attached hydrogens (tertiary/aromatic N) is 1. The number of hydrogen-bond donors (Lipinski definition) is 4. The molecule has 212 valence electrons. The number of carbonyl (C=O) groups excluding carboxylic acids is 1. The zero-order chi connectivity index (χ0) is 28.7. The minimum absolute atomic E-state index is 0.129. The highest BCUT2D eigenvalue weighted by Crippen LogP contribution is 2.44. The molecule has 1 aliphatic rings. The second-order valence-electron chi connectivity index (χ2n) is 10.1. The monoisotopic (exact) mass is 549 g/mol. The second-order valence-corrected chi connectivity index (χ2v) is 10.1. The van der Waals surface area contributed by atoms with Crippen molar-refractivity contribution < 1.29 is 28.9 Å². The molecule has 9 heteroatoms. The summed E-state index contributed by atoms with van der Waals surface area (Å²) in [5, 5.41) is 23.9. The number of aliphatic hydroxyl groups is 1. The van der Waals surface area contributed by atoms with E-state index in [1.165, 1.54) is 13.2 Å². The Hall–Kier alpha value is -3.95. The normalized spacial score (nSPS) is 16.7. The summed E-state index contributed by atoms with van der Waals surface area (Å²) >= 11 is 0. The summed E-state index contributed by atoms with van der Waals surface area (Å²) in [5.74, 6) is -0.493. The third-order valence-electron chi connectivity index (χ3n) is 7.67. The SMILES string of the molecule is COc1cccc(-c2c(F)cccc2C(O)(CCCNC(=O)O)C2CCCN(C(=O)c3ccc(CN)cc3)C2)c1. The van der Waals surface area contributed by atoms with Crippen LogP contribution in [0.25, 0.3) is 11.1 Å². The maximum absolute atomic E-state index is 15.5. The van der Waals surface area contributed by atoms with E-state index in [0.29, 0.717) is 54.8 Å². The number of amides is 2. The van der Waals surface area contributed by atoms with Gasteiger partial charge in [-0.05, 0) is 72.7 Å². The number of piperidine rings is 1. The van der Waals surface area contributed by atoms with Gasteiger partial charge in [-0.25, -0.2) is 9.18 Å².